The number of hydrogen-bond acceptors (Lipinski definition) is 7. The molecule has 11 heteroatoms. The molecule has 0 aliphatic heterocycles. The number of nitrogens with two attached hydrogens (primary N) is 1. The third-order valence-electron chi connectivity index (χ3n) is 5.05. The number of carbonyl (C=O) groups is 4. The quantitative estimate of drug-likeness (QED) is 0.341. The number of rotatable bonds is 10. The number of carbonyl (C=O) groups excluding carboxylic acids is 3. The van der Waals surface area contributed by atoms with E-state index in [4.69, 9.17) is 20.3 Å². The number of nitrogens with one attached hydrogen (secondary N) is 3. The standard InChI is InChI=1S/C24H30N4O7/c1-13(2)20(25)22(30)26-14(3)21(29)27-17-8-5-15(6-9-17)12-35-24(33)28-18-10-7-16(23(31)32)11-19(18)34-4/h5-11,13-14,20H,12,25H2,1-4H3,(H,26,30)(H,27,29)(H,28,33)(H,31,32)/t14?,20-/m0/s1. The van der Waals surface area contributed by atoms with Gasteiger partial charge in [-0.1, -0.05) is 26.0 Å². The van der Waals surface area contributed by atoms with Crippen molar-refractivity contribution in [3.63, 3.8) is 0 Å². The average Bonchev–Trinajstić information content (AvgIpc) is 2.82. The Morgan fingerprint density at radius 2 is 1.63 bits per heavy atom. The average molecular weight is 487 g/mol. The van der Waals surface area contributed by atoms with E-state index in [-0.39, 0.29) is 29.5 Å². The summed E-state index contributed by atoms with van der Waals surface area (Å²) in [6, 6.07) is 9.15. The van der Waals surface area contributed by atoms with Gasteiger partial charge in [0.1, 0.15) is 18.4 Å². The van der Waals surface area contributed by atoms with E-state index in [1.807, 2.05) is 13.8 Å². The van der Waals surface area contributed by atoms with Crippen molar-refractivity contribution in [2.24, 2.45) is 11.7 Å². The number of amides is 3. The Kier molecular flexibility index (Phi) is 9.59. The van der Waals surface area contributed by atoms with Crippen LogP contribution in [0, 0.1) is 5.92 Å². The molecular weight excluding hydrogens is 456 g/mol. The Balaban J connectivity index is 1.87. The minimum atomic E-state index is -1.12. The molecule has 2 aromatic rings. The maximum Gasteiger partial charge on any atom is 0.412 e. The van der Waals surface area contributed by atoms with Crippen molar-refractivity contribution in [3.05, 3.63) is 53.6 Å². The number of benzene rings is 2. The summed E-state index contributed by atoms with van der Waals surface area (Å²) in [6.45, 7) is 5.15. The van der Waals surface area contributed by atoms with E-state index >= 15 is 0 Å². The van der Waals surface area contributed by atoms with Gasteiger partial charge in [0.05, 0.1) is 24.4 Å². The fraction of sp³-hybridized carbons (Fsp3) is 0.333. The topological polar surface area (TPSA) is 169 Å². The van der Waals surface area contributed by atoms with Crippen LogP contribution in [0.4, 0.5) is 16.2 Å². The summed E-state index contributed by atoms with van der Waals surface area (Å²) in [5.74, 6) is -1.80. The van der Waals surface area contributed by atoms with Gasteiger partial charge >= 0.3 is 12.1 Å². The predicted molar refractivity (Wildman–Crippen MR) is 129 cm³/mol. The summed E-state index contributed by atoms with van der Waals surface area (Å²) in [5, 5.41) is 16.8. The molecule has 0 spiro atoms. The second-order valence-electron chi connectivity index (χ2n) is 8.11. The molecule has 6 N–H and O–H groups in total. The summed E-state index contributed by atoms with van der Waals surface area (Å²) in [7, 11) is 1.35. The van der Waals surface area contributed by atoms with Crippen molar-refractivity contribution in [2.75, 3.05) is 17.7 Å². The lowest BCUT2D eigenvalue weighted by Crippen LogP contribution is -2.50. The van der Waals surface area contributed by atoms with Gasteiger partial charge < -0.3 is 30.9 Å². The van der Waals surface area contributed by atoms with Crippen LogP contribution in [0.2, 0.25) is 0 Å². The van der Waals surface area contributed by atoms with Crippen molar-refractivity contribution < 1.29 is 33.8 Å². The molecule has 0 saturated heterocycles. The zero-order chi connectivity index (χ0) is 26.1. The molecule has 0 aromatic heterocycles. The van der Waals surface area contributed by atoms with E-state index < -0.39 is 36.0 Å². The first-order valence-corrected chi connectivity index (χ1v) is 10.8. The second kappa shape index (κ2) is 12.4. The van der Waals surface area contributed by atoms with Crippen LogP contribution in [0.5, 0.6) is 5.75 Å². The van der Waals surface area contributed by atoms with Crippen LogP contribution in [0.3, 0.4) is 0 Å². The molecule has 3 amide bonds. The Hall–Kier alpha value is -4.12. The van der Waals surface area contributed by atoms with Crippen LogP contribution in [0.25, 0.3) is 0 Å². The van der Waals surface area contributed by atoms with Gasteiger partial charge in [-0.05, 0) is 48.7 Å². The Bertz CT molecular complexity index is 1070. The van der Waals surface area contributed by atoms with E-state index in [0.29, 0.717) is 11.3 Å². The number of carboxylic acids is 1. The van der Waals surface area contributed by atoms with Gasteiger partial charge in [0.25, 0.3) is 0 Å². The first kappa shape index (κ1) is 27.1. The maximum atomic E-state index is 12.3. The van der Waals surface area contributed by atoms with Gasteiger partial charge in [0.2, 0.25) is 11.8 Å². The molecule has 188 valence electrons. The van der Waals surface area contributed by atoms with Crippen molar-refractivity contribution in [2.45, 2.75) is 39.5 Å². The Labute approximate surface area is 203 Å². The van der Waals surface area contributed by atoms with Gasteiger partial charge in [-0.15, -0.1) is 0 Å². The van der Waals surface area contributed by atoms with E-state index in [0.717, 1.165) is 0 Å². The molecule has 2 aromatic carbocycles. The number of hydrogen-bond donors (Lipinski definition) is 5. The van der Waals surface area contributed by atoms with E-state index in [1.54, 1.807) is 31.2 Å². The highest BCUT2D eigenvalue weighted by Gasteiger charge is 2.22. The molecule has 0 radical (unpaired) electrons. The highest BCUT2D eigenvalue weighted by Crippen LogP contribution is 2.26. The molecule has 0 aliphatic carbocycles. The molecule has 2 rings (SSSR count). The lowest BCUT2D eigenvalue weighted by molar-refractivity contribution is -0.127. The lowest BCUT2D eigenvalue weighted by atomic mass is 10.0. The molecule has 2 atom stereocenters. The van der Waals surface area contributed by atoms with Crippen LogP contribution in [-0.2, 0) is 20.9 Å². The summed E-state index contributed by atoms with van der Waals surface area (Å²) in [6.07, 6.45) is -0.757. The SMILES string of the molecule is COc1cc(C(=O)O)ccc1NC(=O)OCc1ccc(NC(=O)C(C)NC(=O)[C@@H](N)C(C)C)cc1. The highest BCUT2D eigenvalue weighted by atomic mass is 16.5. The number of methoxy groups -OCH3 is 1. The summed E-state index contributed by atoms with van der Waals surface area (Å²) < 4.78 is 10.3. The fourth-order valence-corrected chi connectivity index (χ4v) is 2.84. The Morgan fingerprint density at radius 3 is 2.20 bits per heavy atom. The molecule has 1 unspecified atom stereocenters. The first-order chi connectivity index (χ1) is 16.5. The second-order valence-corrected chi connectivity index (χ2v) is 8.11. The third kappa shape index (κ3) is 8.00. The minimum absolute atomic E-state index is 0.0175. The summed E-state index contributed by atoms with van der Waals surface area (Å²) >= 11 is 0. The van der Waals surface area contributed by atoms with E-state index in [2.05, 4.69) is 16.0 Å². The fourth-order valence-electron chi connectivity index (χ4n) is 2.84. The smallest absolute Gasteiger partial charge is 0.412 e. The van der Waals surface area contributed by atoms with Crippen molar-refractivity contribution >= 4 is 35.3 Å². The molecule has 11 nitrogen and oxygen atoms in total. The molecule has 0 heterocycles. The zero-order valence-corrected chi connectivity index (χ0v) is 20.0. The van der Waals surface area contributed by atoms with Gasteiger partial charge in [-0.3, -0.25) is 14.9 Å². The highest BCUT2D eigenvalue weighted by molar-refractivity contribution is 5.97. The normalized spacial score (nSPS) is 12.3. The minimum Gasteiger partial charge on any atom is -0.495 e. The van der Waals surface area contributed by atoms with Crippen molar-refractivity contribution in [3.8, 4) is 5.75 Å². The zero-order valence-electron chi connectivity index (χ0n) is 20.0. The van der Waals surface area contributed by atoms with Gasteiger partial charge in [-0.2, -0.15) is 0 Å². The summed E-state index contributed by atoms with van der Waals surface area (Å²) in [4.78, 5) is 47.5. The summed E-state index contributed by atoms with van der Waals surface area (Å²) in [5.41, 5.74) is 7.23. The molecule has 0 fully saturated rings. The van der Waals surface area contributed by atoms with E-state index in [9.17, 15) is 19.2 Å². The van der Waals surface area contributed by atoms with Crippen LogP contribution < -0.4 is 26.4 Å². The lowest BCUT2D eigenvalue weighted by Gasteiger charge is -2.19. The molecule has 0 bridgehead atoms. The molecule has 35 heavy (non-hydrogen) atoms. The van der Waals surface area contributed by atoms with Crippen LogP contribution in [0.1, 0.15) is 36.7 Å². The van der Waals surface area contributed by atoms with Gasteiger partial charge in [-0.25, -0.2) is 9.59 Å². The van der Waals surface area contributed by atoms with Crippen LogP contribution in [0.15, 0.2) is 42.5 Å². The van der Waals surface area contributed by atoms with Gasteiger partial charge in [0.15, 0.2) is 0 Å². The van der Waals surface area contributed by atoms with E-state index in [1.165, 1.54) is 25.3 Å². The van der Waals surface area contributed by atoms with Crippen LogP contribution >= 0.6 is 0 Å². The monoisotopic (exact) mass is 486 g/mol. The van der Waals surface area contributed by atoms with Crippen molar-refractivity contribution in [1.82, 2.24) is 5.32 Å². The molecular formula is C24H30N4O7. The number of aromatic carboxylic acids is 1. The molecule has 0 aliphatic rings. The largest absolute Gasteiger partial charge is 0.495 e. The molecule has 0 saturated carbocycles. The first-order valence-electron chi connectivity index (χ1n) is 10.8. The van der Waals surface area contributed by atoms with Crippen molar-refractivity contribution in [1.29, 1.82) is 0 Å². The number of ether oxygens (including phenoxy) is 2. The predicted octanol–water partition coefficient (Wildman–Crippen LogP) is 2.57. The number of carboxylic acid groups (broad SMARTS) is 1. The third-order valence-corrected chi connectivity index (χ3v) is 5.05. The maximum absolute atomic E-state index is 12.3. The van der Waals surface area contributed by atoms with Crippen LogP contribution in [-0.4, -0.2) is 48.2 Å². The Morgan fingerprint density at radius 1 is 0.971 bits per heavy atom. The van der Waals surface area contributed by atoms with Gasteiger partial charge in [0, 0.05) is 5.69 Å². The number of anilines is 2.